The number of hydrogen-bond donors (Lipinski definition) is 1. The number of carbonyl (C=O) groups is 1. The van der Waals surface area contributed by atoms with Gasteiger partial charge in [0.2, 0.25) is 0 Å². The van der Waals surface area contributed by atoms with Crippen LogP contribution in [0.1, 0.15) is 30.6 Å². The molecule has 1 heterocycles. The molecule has 0 unspecified atom stereocenters. The zero-order valence-electron chi connectivity index (χ0n) is 11.5. The first-order valence-electron chi connectivity index (χ1n) is 6.49. The van der Waals surface area contributed by atoms with Gasteiger partial charge in [0.15, 0.2) is 17.5 Å². The number of carbonyl (C=O) groups excluding carboxylic acids is 1. The molecule has 0 bridgehead atoms. The summed E-state index contributed by atoms with van der Waals surface area (Å²) in [4.78, 5) is 13.8. The molecule has 0 aliphatic carbocycles. The molecule has 1 aromatic rings. The molecule has 0 saturated carbocycles. The van der Waals surface area contributed by atoms with Crippen LogP contribution in [-0.2, 0) is 0 Å². The molecule has 110 valence electrons. The standard InChI is InChI=1S/C14H17F3N2O/c1-14(2)8-19(7-3-6-18-14)13(20)9-4-5-10(15)12(17)11(9)16/h4-5,18H,3,6-8H2,1-2H3. The van der Waals surface area contributed by atoms with Crippen LogP contribution in [0.2, 0.25) is 0 Å². The van der Waals surface area contributed by atoms with Crippen LogP contribution in [0, 0.1) is 17.5 Å². The summed E-state index contributed by atoms with van der Waals surface area (Å²) in [7, 11) is 0. The van der Waals surface area contributed by atoms with E-state index < -0.39 is 28.9 Å². The van der Waals surface area contributed by atoms with E-state index in [9.17, 15) is 18.0 Å². The van der Waals surface area contributed by atoms with Crippen LogP contribution in [0.3, 0.4) is 0 Å². The van der Waals surface area contributed by atoms with Gasteiger partial charge < -0.3 is 10.2 Å². The highest BCUT2D eigenvalue weighted by molar-refractivity contribution is 5.94. The van der Waals surface area contributed by atoms with Crippen molar-refractivity contribution in [1.29, 1.82) is 0 Å². The fraction of sp³-hybridized carbons (Fsp3) is 0.500. The van der Waals surface area contributed by atoms with Gasteiger partial charge in [-0.15, -0.1) is 0 Å². The molecule has 1 fully saturated rings. The Kier molecular flexibility index (Phi) is 4.04. The molecule has 1 saturated heterocycles. The van der Waals surface area contributed by atoms with Crippen molar-refractivity contribution >= 4 is 5.91 Å². The molecule has 0 spiro atoms. The Morgan fingerprint density at radius 1 is 1.25 bits per heavy atom. The predicted octanol–water partition coefficient (Wildman–Crippen LogP) is 2.32. The van der Waals surface area contributed by atoms with Gasteiger partial charge in [0.05, 0.1) is 5.56 Å². The fourth-order valence-electron chi connectivity index (χ4n) is 2.34. The Bertz CT molecular complexity index is 531. The third-order valence-electron chi connectivity index (χ3n) is 3.35. The highest BCUT2D eigenvalue weighted by Gasteiger charge is 2.29. The third-order valence-corrected chi connectivity index (χ3v) is 3.35. The quantitative estimate of drug-likeness (QED) is 0.804. The van der Waals surface area contributed by atoms with Gasteiger partial charge in [0, 0.05) is 18.6 Å². The molecular formula is C14H17F3N2O. The van der Waals surface area contributed by atoms with E-state index in [1.807, 2.05) is 13.8 Å². The number of nitrogens with zero attached hydrogens (tertiary/aromatic N) is 1. The minimum Gasteiger partial charge on any atom is -0.337 e. The van der Waals surface area contributed by atoms with Gasteiger partial charge in [0.1, 0.15) is 0 Å². The number of nitrogens with one attached hydrogen (secondary N) is 1. The first kappa shape index (κ1) is 14.8. The predicted molar refractivity (Wildman–Crippen MR) is 68.9 cm³/mol. The molecule has 1 N–H and O–H groups in total. The van der Waals surface area contributed by atoms with Crippen molar-refractivity contribution in [2.75, 3.05) is 19.6 Å². The van der Waals surface area contributed by atoms with Crippen molar-refractivity contribution in [1.82, 2.24) is 10.2 Å². The van der Waals surface area contributed by atoms with E-state index >= 15 is 0 Å². The SMILES string of the molecule is CC1(C)CN(C(=O)c2ccc(F)c(F)c2F)CCCN1. The molecule has 6 heteroatoms. The van der Waals surface area contributed by atoms with Gasteiger partial charge in [-0.1, -0.05) is 0 Å². The average molecular weight is 286 g/mol. The number of rotatable bonds is 1. The number of hydrogen-bond acceptors (Lipinski definition) is 2. The summed E-state index contributed by atoms with van der Waals surface area (Å²) in [6.45, 7) is 5.44. The van der Waals surface area contributed by atoms with Crippen LogP contribution in [0.25, 0.3) is 0 Å². The van der Waals surface area contributed by atoms with Crippen molar-refractivity contribution in [2.45, 2.75) is 25.8 Å². The molecular weight excluding hydrogens is 269 g/mol. The molecule has 0 radical (unpaired) electrons. The lowest BCUT2D eigenvalue weighted by Gasteiger charge is -2.30. The molecule has 20 heavy (non-hydrogen) atoms. The van der Waals surface area contributed by atoms with E-state index in [0.717, 1.165) is 25.1 Å². The minimum absolute atomic E-state index is 0.304. The van der Waals surface area contributed by atoms with Crippen molar-refractivity contribution < 1.29 is 18.0 Å². The lowest BCUT2D eigenvalue weighted by Crippen LogP contribution is -2.48. The van der Waals surface area contributed by atoms with Gasteiger partial charge >= 0.3 is 0 Å². The zero-order chi connectivity index (χ0) is 14.9. The van der Waals surface area contributed by atoms with E-state index in [1.165, 1.54) is 4.90 Å². The summed E-state index contributed by atoms with van der Waals surface area (Å²) in [5.41, 5.74) is -0.733. The van der Waals surface area contributed by atoms with Crippen molar-refractivity contribution in [3.63, 3.8) is 0 Å². The summed E-state index contributed by atoms with van der Waals surface area (Å²) in [6, 6.07) is 1.76. The molecule has 3 nitrogen and oxygen atoms in total. The van der Waals surface area contributed by atoms with E-state index in [1.54, 1.807) is 0 Å². The van der Waals surface area contributed by atoms with Crippen molar-refractivity contribution in [3.05, 3.63) is 35.1 Å². The summed E-state index contributed by atoms with van der Waals surface area (Å²) < 4.78 is 39.8. The van der Waals surface area contributed by atoms with Gasteiger partial charge in [0.25, 0.3) is 5.91 Å². The van der Waals surface area contributed by atoms with Crippen molar-refractivity contribution in [3.8, 4) is 0 Å². The van der Waals surface area contributed by atoms with E-state index in [4.69, 9.17) is 0 Å². The van der Waals surface area contributed by atoms with Crippen LogP contribution >= 0.6 is 0 Å². The lowest BCUT2D eigenvalue weighted by atomic mass is 10.0. The Morgan fingerprint density at radius 3 is 2.65 bits per heavy atom. The second-order valence-electron chi connectivity index (χ2n) is 5.61. The van der Waals surface area contributed by atoms with Crippen molar-refractivity contribution in [2.24, 2.45) is 0 Å². The second-order valence-corrected chi connectivity index (χ2v) is 5.61. The third kappa shape index (κ3) is 2.95. The van der Waals surface area contributed by atoms with Crippen LogP contribution in [0.4, 0.5) is 13.2 Å². The van der Waals surface area contributed by atoms with Gasteiger partial charge in [-0.2, -0.15) is 0 Å². The first-order chi connectivity index (χ1) is 9.32. The lowest BCUT2D eigenvalue weighted by molar-refractivity contribution is 0.0727. The smallest absolute Gasteiger partial charge is 0.257 e. The van der Waals surface area contributed by atoms with Crippen LogP contribution in [0.5, 0.6) is 0 Å². The van der Waals surface area contributed by atoms with Gasteiger partial charge in [-0.05, 0) is 38.9 Å². The first-order valence-corrected chi connectivity index (χ1v) is 6.49. The van der Waals surface area contributed by atoms with Gasteiger partial charge in [-0.3, -0.25) is 4.79 Å². The Balaban J connectivity index is 2.29. The Hall–Kier alpha value is -1.56. The van der Waals surface area contributed by atoms with E-state index in [-0.39, 0.29) is 5.54 Å². The maximum Gasteiger partial charge on any atom is 0.257 e. The van der Waals surface area contributed by atoms with E-state index in [0.29, 0.717) is 13.1 Å². The monoisotopic (exact) mass is 286 g/mol. The normalized spacial score (nSPS) is 18.8. The summed E-state index contributed by atoms with van der Waals surface area (Å²) in [6.07, 6.45) is 0.723. The maximum absolute atomic E-state index is 13.7. The highest BCUT2D eigenvalue weighted by atomic mass is 19.2. The highest BCUT2D eigenvalue weighted by Crippen LogP contribution is 2.19. The van der Waals surface area contributed by atoms with Gasteiger partial charge in [-0.25, -0.2) is 13.2 Å². The summed E-state index contributed by atoms with van der Waals surface area (Å²) >= 11 is 0. The van der Waals surface area contributed by atoms with Crippen LogP contribution < -0.4 is 5.32 Å². The van der Waals surface area contributed by atoms with E-state index in [2.05, 4.69) is 5.32 Å². The molecule has 1 aromatic carbocycles. The second kappa shape index (κ2) is 5.44. The Labute approximate surface area is 115 Å². The maximum atomic E-state index is 13.7. The zero-order valence-corrected chi connectivity index (χ0v) is 11.5. The minimum atomic E-state index is -1.61. The Morgan fingerprint density at radius 2 is 1.95 bits per heavy atom. The molecule has 0 aromatic heterocycles. The largest absolute Gasteiger partial charge is 0.337 e. The summed E-state index contributed by atoms with van der Waals surface area (Å²) in [5.74, 6) is -4.94. The topological polar surface area (TPSA) is 32.3 Å². The number of benzene rings is 1. The average Bonchev–Trinajstić information content (AvgIpc) is 2.56. The van der Waals surface area contributed by atoms with Crippen LogP contribution in [0.15, 0.2) is 12.1 Å². The number of amides is 1. The molecule has 2 rings (SSSR count). The fourth-order valence-corrected chi connectivity index (χ4v) is 2.34. The summed E-state index contributed by atoms with van der Waals surface area (Å²) in [5, 5.41) is 3.27. The molecule has 1 aliphatic heterocycles. The number of halogens is 3. The molecule has 1 amide bonds. The molecule has 0 atom stereocenters. The molecule has 1 aliphatic rings. The van der Waals surface area contributed by atoms with Crippen LogP contribution in [-0.4, -0.2) is 36.0 Å².